The minimum Gasteiger partial charge on any atom is -0.490 e. The van der Waals surface area contributed by atoms with Crippen molar-refractivity contribution in [2.24, 2.45) is 23.3 Å². The molecule has 4 N–H and O–H groups in total. The molecule has 22 heavy (non-hydrogen) atoms. The van der Waals surface area contributed by atoms with E-state index < -0.39 is 0 Å². The molecule has 0 amide bonds. The minimum atomic E-state index is 0.357. The van der Waals surface area contributed by atoms with E-state index in [-0.39, 0.29) is 0 Å². The summed E-state index contributed by atoms with van der Waals surface area (Å²) in [6.45, 7) is 9.09. The fourth-order valence-electron chi connectivity index (χ4n) is 2.43. The first kappa shape index (κ1) is 18.8. The van der Waals surface area contributed by atoms with E-state index in [0.29, 0.717) is 38.1 Å². The van der Waals surface area contributed by atoms with Gasteiger partial charge < -0.3 is 20.9 Å². The van der Waals surface area contributed by atoms with Crippen molar-refractivity contribution in [2.45, 2.75) is 40.0 Å². The van der Waals surface area contributed by atoms with Crippen molar-refractivity contribution in [1.82, 2.24) is 0 Å². The molecule has 126 valence electrons. The second kappa shape index (κ2) is 10.5. The Kier molecular flexibility index (Phi) is 8.94. The molecule has 4 heteroatoms. The van der Waals surface area contributed by atoms with Gasteiger partial charge in [-0.1, -0.05) is 26.8 Å². The van der Waals surface area contributed by atoms with Crippen molar-refractivity contribution in [2.75, 3.05) is 26.3 Å². The number of benzene rings is 1. The number of hydrogen-bond donors (Lipinski definition) is 2. The molecule has 0 aliphatic heterocycles. The predicted molar refractivity (Wildman–Crippen MR) is 92.5 cm³/mol. The lowest BCUT2D eigenvalue weighted by Crippen LogP contribution is -2.30. The van der Waals surface area contributed by atoms with Gasteiger partial charge in [-0.15, -0.1) is 0 Å². The lowest BCUT2D eigenvalue weighted by molar-refractivity contribution is 0.268. The molecule has 0 spiro atoms. The highest BCUT2D eigenvalue weighted by Crippen LogP contribution is 2.30. The second-order valence-electron chi connectivity index (χ2n) is 5.89. The third-order valence-corrected chi connectivity index (χ3v) is 3.90. The van der Waals surface area contributed by atoms with E-state index in [1.165, 1.54) is 5.56 Å². The molecule has 1 aromatic carbocycles. The van der Waals surface area contributed by atoms with Gasteiger partial charge in [-0.05, 0) is 61.9 Å². The van der Waals surface area contributed by atoms with E-state index in [1.807, 2.05) is 6.07 Å². The van der Waals surface area contributed by atoms with Crippen molar-refractivity contribution in [3.63, 3.8) is 0 Å². The molecule has 0 saturated carbocycles. The van der Waals surface area contributed by atoms with Crippen LogP contribution in [0.3, 0.4) is 0 Å². The number of hydrogen-bond acceptors (Lipinski definition) is 4. The minimum absolute atomic E-state index is 0.357. The molecule has 0 saturated heterocycles. The summed E-state index contributed by atoms with van der Waals surface area (Å²) in [4.78, 5) is 0. The molecule has 1 unspecified atom stereocenters. The van der Waals surface area contributed by atoms with Gasteiger partial charge in [0.05, 0.1) is 13.2 Å². The summed E-state index contributed by atoms with van der Waals surface area (Å²) >= 11 is 0. The SMILES string of the molecule is CCCOc1ccc(CC(C)C(CN)CN)cc1OCCC. The Bertz CT molecular complexity index is 420. The maximum Gasteiger partial charge on any atom is 0.161 e. The first-order valence-corrected chi connectivity index (χ1v) is 8.44. The molecule has 0 bridgehead atoms. The standard InChI is InChI=1S/C18H32N2O2/c1-4-8-21-17-7-6-15(11-18(17)22-9-5-2)10-14(3)16(12-19)13-20/h6-7,11,14,16H,4-5,8-10,12-13,19-20H2,1-3H3. The van der Waals surface area contributed by atoms with Crippen LogP contribution in [0.4, 0.5) is 0 Å². The van der Waals surface area contributed by atoms with Crippen LogP contribution in [0.5, 0.6) is 11.5 Å². The lowest BCUT2D eigenvalue weighted by atomic mass is 9.88. The van der Waals surface area contributed by atoms with E-state index >= 15 is 0 Å². The Morgan fingerprint density at radius 1 is 0.955 bits per heavy atom. The zero-order valence-corrected chi connectivity index (χ0v) is 14.3. The van der Waals surface area contributed by atoms with E-state index in [0.717, 1.165) is 30.8 Å². The maximum atomic E-state index is 5.84. The van der Waals surface area contributed by atoms with Crippen LogP contribution in [0.2, 0.25) is 0 Å². The summed E-state index contributed by atoms with van der Waals surface area (Å²) < 4.78 is 11.6. The summed E-state index contributed by atoms with van der Waals surface area (Å²) in [6, 6.07) is 6.23. The zero-order chi connectivity index (χ0) is 16.4. The highest BCUT2D eigenvalue weighted by atomic mass is 16.5. The number of ether oxygens (including phenoxy) is 2. The summed E-state index contributed by atoms with van der Waals surface area (Å²) in [5, 5.41) is 0. The van der Waals surface area contributed by atoms with Crippen molar-refractivity contribution in [1.29, 1.82) is 0 Å². The van der Waals surface area contributed by atoms with Gasteiger partial charge in [-0.25, -0.2) is 0 Å². The van der Waals surface area contributed by atoms with Gasteiger partial charge in [0.2, 0.25) is 0 Å². The predicted octanol–water partition coefficient (Wildman–Crippen LogP) is 2.98. The molecule has 1 atom stereocenters. The van der Waals surface area contributed by atoms with Gasteiger partial charge >= 0.3 is 0 Å². The van der Waals surface area contributed by atoms with Crippen LogP contribution in [0.15, 0.2) is 18.2 Å². The first-order valence-electron chi connectivity index (χ1n) is 8.44. The second-order valence-corrected chi connectivity index (χ2v) is 5.89. The number of rotatable bonds is 11. The van der Waals surface area contributed by atoms with Crippen molar-refractivity contribution < 1.29 is 9.47 Å². The average molecular weight is 308 g/mol. The summed E-state index contributed by atoms with van der Waals surface area (Å²) in [5.41, 5.74) is 12.8. The summed E-state index contributed by atoms with van der Waals surface area (Å²) in [7, 11) is 0. The third kappa shape index (κ3) is 5.85. The van der Waals surface area contributed by atoms with Gasteiger partial charge in [-0.3, -0.25) is 0 Å². The van der Waals surface area contributed by atoms with Gasteiger partial charge in [0.15, 0.2) is 11.5 Å². The molecule has 0 heterocycles. The molecule has 0 aromatic heterocycles. The highest BCUT2D eigenvalue weighted by Gasteiger charge is 2.16. The van der Waals surface area contributed by atoms with Gasteiger partial charge in [0, 0.05) is 0 Å². The van der Waals surface area contributed by atoms with Crippen LogP contribution >= 0.6 is 0 Å². The van der Waals surface area contributed by atoms with Crippen LogP contribution in [0.25, 0.3) is 0 Å². The van der Waals surface area contributed by atoms with E-state index in [4.69, 9.17) is 20.9 Å². The van der Waals surface area contributed by atoms with E-state index in [9.17, 15) is 0 Å². The molecule has 1 rings (SSSR count). The Labute approximate surface area is 135 Å². The third-order valence-electron chi connectivity index (χ3n) is 3.90. The van der Waals surface area contributed by atoms with Crippen LogP contribution in [-0.4, -0.2) is 26.3 Å². The van der Waals surface area contributed by atoms with Crippen molar-refractivity contribution in [3.8, 4) is 11.5 Å². The van der Waals surface area contributed by atoms with Crippen LogP contribution in [-0.2, 0) is 6.42 Å². The number of nitrogens with two attached hydrogens (primary N) is 2. The summed E-state index contributed by atoms with van der Waals surface area (Å²) in [5.74, 6) is 2.49. The largest absolute Gasteiger partial charge is 0.490 e. The highest BCUT2D eigenvalue weighted by molar-refractivity contribution is 5.43. The molecular formula is C18H32N2O2. The molecule has 0 fully saturated rings. The molecule has 4 nitrogen and oxygen atoms in total. The molecule has 0 radical (unpaired) electrons. The average Bonchev–Trinajstić information content (AvgIpc) is 2.53. The fraction of sp³-hybridized carbons (Fsp3) is 0.667. The van der Waals surface area contributed by atoms with Crippen LogP contribution in [0.1, 0.15) is 39.2 Å². The van der Waals surface area contributed by atoms with Crippen LogP contribution < -0.4 is 20.9 Å². The van der Waals surface area contributed by atoms with E-state index in [2.05, 4.69) is 32.9 Å². The Morgan fingerprint density at radius 3 is 2.09 bits per heavy atom. The smallest absolute Gasteiger partial charge is 0.161 e. The fourth-order valence-corrected chi connectivity index (χ4v) is 2.43. The van der Waals surface area contributed by atoms with Crippen molar-refractivity contribution in [3.05, 3.63) is 23.8 Å². The van der Waals surface area contributed by atoms with E-state index in [1.54, 1.807) is 0 Å². The molecule has 1 aromatic rings. The van der Waals surface area contributed by atoms with Crippen molar-refractivity contribution >= 4 is 0 Å². The Hall–Kier alpha value is -1.26. The van der Waals surface area contributed by atoms with Gasteiger partial charge in [0.25, 0.3) is 0 Å². The summed E-state index contributed by atoms with van der Waals surface area (Å²) in [6.07, 6.45) is 2.92. The Balaban J connectivity index is 2.82. The molecule has 0 aliphatic carbocycles. The quantitative estimate of drug-likeness (QED) is 0.659. The lowest BCUT2D eigenvalue weighted by Gasteiger charge is -2.21. The maximum absolute atomic E-state index is 5.84. The molecule has 0 aliphatic rings. The zero-order valence-electron chi connectivity index (χ0n) is 14.3. The first-order chi connectivity index (χ1) is 10.7. The van der Waals surface area contributed by atoms with Gasteiger partial charge in [-0.2, -0.15) is 0 Å². The monoisotopic (exact) mass is 308 g/mol. The molecular weight excluding hydrogens is 276 g/mol. The normalized spacial score (nSPS) is 12.5. The topological polar surface area (TPSA) is 70.5 Å². The van der Waals surface area contributed by atoms with Crippen LogP contribution in [0, 0.1) is 11.8 Å². The Morgan fingerprint density at radius 2 is 1.55 bits per heavy atom. The van der Waals surface area contributed by atoms with Gasteiger partial charge in [0.1, 0.15) is 0 Å².